The number of hydrogen-bond donors (Lipinski definition) is 1. The summed E-state index contributed by atoms with van der Waals surface area (Å²) in [7, 11) is 0. The lowest BCUT2D eigenvalue weighted by Gasteiger charge is -2.37. The predicted molar refractivity (Wildman–Crippen MR) is 90.0 cm³/mol. The topological polar surface area (TPSA) is 75.3 Å². The third kappa shape index (κ3) is 3.10. The minimum atomic E-state index is -0.446. The van der Waals surface area contributed by atoms with E-state index in [2.05, 4.69) is 10.2 Å². The molecule has 1 saturated heterocycles. The fraction of sp³-hybridized carbons (Fsp3) is 0.389. The van der Waals surface area contributed by atoms with Crippen LogP contribution in [0, 0.1) is 13.8 Å². The molecular weight excluding hydrogens is 306 g/mol. The van der Waals surface area contributed by atoms with E-state index in [1.54, 1.807) is 18.7 Å². The molecule has 0 aliphatic carbocycles. The number of ether oxygens (including phenoxy) is 1. The smallest absolute Gasteiger partial charge is 0.277 e. The van der Waals surface area contributed by atoms with Crippen molar-refractivity contribution in [2.24, 2.45) is 0 Å². The van der Waals surface area contributed by atoms with Crippen LogP contribution >= 0.6 is 0 Å². The molecule has 3 rings (SSSR count). The third-order valence-electron chi connectivity index (χ3n) is 4.40. The molecule has 1 amide bonds. The van der Waals surface area contributed by atoms with Crippen molar-refractivity contribution in [3.63, 3.8) is 0 Å². The Balaban J connectivity index is 1.90. The summed E-state index contributed by atoms with van der Waals surface area (Å²) in [6, 6.07) is 9.82. The number of aryl methyl sites for hydroxylation is 1. The number of carbonyl (C=O) groups excluding carboxylic acids is 1. The number of carbonyl (C=O) groups is 1. The highest BCUT2D eigenvalue weighted by Gasteiger charge is 2.31. The van der Waals surface area contributed by atoms with Crippen molar-refractivity contribution in [1.82, 2.24) is 15.1 Å². The molecule has 0 saturated carbocycles. The van der Waals surface area contributed by atoms with Crippen molar-refractivity contribution >= 4 is 5.91 Å². The Bertz CT molecular complexity index is 801. The van der Waals surface area contributed by atoms with Gasteiger partial charge in [-0.2, -0.15) is 5.10 Å². The summed E-state index contributed by atoms with van der Waals surface area (Å²) >= 11 is 0. The SMILES string of the molecule is Cc1n[nH]c(=O)c(C(=O)N2CC(C)OC(c3ccccc3)C2)c1C. The Morgan fingerprint density at radius 2 is 1.96 bits per heavy atom. The molecule has 126 valence electrons. The van der Waals surface area contributed by atoms with Gasteiger partial charge in [0.25, 0.3) is 11.5 Å². The van der Waals surface area contributed by atoms with E-state index in [1.165, 1.54) is 0 Å². The van der Waals surface area contributed by atoms with Crippen LogP contribution in [0.1, 0.15) is 40.2 Å². The molecule has 2 atom stereocenters. The molecule has 2 unspecified atom stereocenters. The third-order valence-corrected chi connectivity index (χ3v) is 4.40. The van der Waals surface area contributed by atoms with Gasteiger partial charge >= 0.3 is 0 Å². The maximum absolute atomic E-state index is 12.9. The first-order valence-electron chi connectivity index (χ1n) is 8.03. The van der Waals surface area contributed by atoms with E-state index >= 15 is 0 Å². The van der Waals surface area contributed by atoms with Crippen LogP contribution in [0.3, 0.4) is 0 Å². The number of nitrogens with zero attached hydrogens (tertiary/aromatic N) is 2. The van der Waals surface area contributed by atoms with Crippen LogP contribution < -0.4 is 5.56 Å². The maximum atomic E-state index is 12.9. The van der Waals surface area contributed by atoms with Gasteiger partial charge in [0.05, 0.1) is 18.3 Å². The van der Waals surface area contributed by atoms with Gasteiger partial charge < -0.3 is 9.64 Å². The van der Waals surface area contributed by atoms with Crippen LogP contribution in [0.5, 0.6) is 0 Å². The van der Waals surface area contributed by atoms with Crippen molar-refractivity contribution in [2.45, 2.75) is 33.0 Å². The lowest BCUT2D eigenvalue weighted by molar-refractivity contribution is -0.0692. The standard InChI is InChI=1S/C18H21N3O3/c1-11-9-21(10-15(24-11)14-7-5-4-6-8-14)18(23)16-12(2)13(3)19-20-17(16)22/h4-8,11,15H,9-10H2,1-3H3,(H,20,22). The predicted octanol–water partition coefficient (Wildman–Crippen LogP) is 1.99. The first-order chi connectivity index (χ1) is 11.5. The fourth-order valence-electron chi connectivity index (χ4n) is 3.01. The van der Waals surface area contributed by atoms with Gasteiger partial charge in [0.1, 0.15) is 11.7 Å². The highest BCUT2D eigenvalue weighted by atomic mass is 16.5. The molecule has 0 bridgehead atoms. The summed E-state index contributed by atoms with van der Waals surface area (Å²) in [5.74, 6) is -0.268. The lowest BCUT2D eigenvalue weighted by atomic mass is 10.0. The summed E-state index contributed by atoms with van der Waals surface area (Å²) in [6.45, 7) is 6.35. The quantitative estimate of drug-likeness (QED) is 0.915. The van der Waals surface area contributed by atoms with Crippen LogP contribution in [0.2, 0.25) is 0 Å². The summed E-state index contributed by atoms with van der Waals surface area (Å²) in [4.78, 5) is 26.7. The molecule has 2 heterocycles. The van der Waals surface area contributed by atoms with Gasteiger partial charge in [0.15, 0.2) is 0 Å². The van der Waals surface area contributed by atoms with Crippen LogP contribution in [-0.2, 0) is 4.74 Å². The van der Waals surface area contributed by atoms with Crippen molar-refractivity contribution in [3.05, 3.63) is 63.1 Å². The average Bonchev–Trinajstić information content (AvgIpc) is 2.58. The Morgan fingerprint density at radius 1 is 1.25 bits per heavy atom. The number of amides is 1. The van der Waals surface area contributed by atoms with Crippen LogP contribution in [0.4, 0.5) is 0 Å². The highest BCUT2D eigenvalue weighted by Crippen LogP contribution is 2.26. The number of hydrogen-bond acceptors (Lipinski definition) is 4. The summed E-state index contributed by atoms with van der Waals surface area (Å²) in [6.07, 6.45) is -0.295. The second kappa shape index (κ2) is 6.57. The molecule has 1 aromatic carbocycles. The molecule has 1 aromatic heterocycles. The average molecular weight is 327 g/mol. The summed E-state index contributed by atoms with van der Waals surface area (Å²) in [5, 5.41) is 6.31. The first kappa shape index (κ1) is 16.4. The van der Waals surface area contributed by atoms with Gasteiger partial charge in [0, 0.05) is 6.54 Å². The van der Waals surface area contributed by atoms with Crippen molar-refractivity contribution in [1.29, 1.82) is 0 Å². The molecule has 6 heteroatoms. The van der Waals surface area contributed by atoms with Crippen molar-refractivity contribution in [3.8, 4) is 0 Å². The van der Waals surface area contributed by atoms with E-state index in [1.807, 2.05) is 37.3 Å². The monoisotopic (exact) mass is 327 g/mol. The Kier molecular flexibility index (Phi) is 4.49. The normalized spacial score (nSPS) is 20.9. The number of H-pyrrole nitrogens is 1. The van der Waals surface area contributed by atoms with Gasteiger partial charge in [-0.05, 0) is 31.9 Å². The highest BCUT2D eigenvalue weighted by molar-refractivity contribution is 5.95. The Hall–Kier alpha value is -2.47. The van der Waals surface area contributed by atoms with E-state index in [-0.39, 0.29) is 23.7 Å². The molecule has 1 aliphatic heterocycles. The second-order valence-corrected chi connectivity index (χ2v) is 6.19. The van der Waals surface area contributed by atoms with E-state index < -0.39 is 5.56 Å². The van der Waals surface area contributed by atoms with Crippen LogP contribution in [-0.4, -0.2) is 40.2 Å². The van der Waals surface area contributed by atoms with Gasteiger partial charge in [-0.3, -0.25) is 9.59 Å². The lowest BCUT2D eigenvalue weighted by Crippen LogP contribution is -2.47. The minimum Gasteiger partial charge on any atom is -0.367 e. The largest absolute Gasteiger partial charge is 0.367 e. The molecule has 1 aliphatic rings. The minimum absolute atomic E-state index is 0.102. The zero-order valence-corrected chi connectivity index (χ0v) is 14.1. The van der Waals surface area contributed by atoms with Crippen molar-refractivity contribution in [2.75, 3.05) is 13.1 Å². The van der Waals surface area contributed by atoms with E-state index in [4.69, 9.17) is 4.74 Å². The number of nitrogens with one attached hydrogen (secondary N) is 1. The molecule has 0 radical (unpaired) electrons. The molecule has 24 heavy (non-hydrogen) atoms. The van der Waals surface area contributed by atoms with Crippen LogP contribution in [0.25, 0.3) is 0 Å². The molecule has 2 aromatic rings. The molecule has 6 nitrogen and oxygen atoms in total. The van der Waals surface area contributed by atoms with Gasteiger partial charge in [-0.1, -0.05) is 30.3 Å². The van der Waals surface area contributed by atoms with E-state index in [9.17, 15) is 9.59 Å². The summed E-state index contributed by atoms with van der Waals surface area (Å²) < 4.78 is 5.98. The Labute approximate surface area is 140 Å². The number of aromatic amines is 1. The van der Waals surface area contributed by atoms with Crippen molar-refractivity contribution < 1.29 is 9.53 Å². The number of morpholine rings is 1. The fourth-order valence-corrected chi connectivity index (χ4v) is 3.01. The van der Waals surface area contributed by atoms with Gasteiger partial charge in [-0.15, -0.1) is 0 Å². The molecule has 1 fully saturated rings. The van der Waals surface area contributed by atoms with Gasteiger partial charge in [0.2, 0.25) is 0 Å². The molecular formula is C18H21N3O3. The second-order valence-electron chi connectivity index (χ2n) is 6.19. The number of rotatable bonds is 2. The number of aromatic nitrogens is 2. The zero-order valence-electron chi connectivity index (χ0n) is 14.1. The van der Waals surface area contributed by atoms with E-state index in [0.717, 1.165) is 5.56 Å². The molecule has 0 spiro atoms. The summed E-state index contributed by atoms with van der Waals surface area (Å²) in [5.41, 5.74) is 2.03. The first-order valence-corrected chi connectivity index (χ1v) is 8.03. The number of benzene rings is 1. The Morgan fingerprint density at radius 3 is 2.67 bits per heavy atom. The van der Waals surface area contributed by atoms with Crippen LogP contribution in [0.15, 0.2) is 35.1 Å². The van der Waals surface area contributed by atoms with E-state index in [0.29, 0.717) is 24.3 Å². The van der Waals surface area contributed by atoms with Gasteiger partial charge in [-0.25, -0.2) is 5.10 Å². The molecule has 1 N–H and O–H groups in total. The maximum Gasteiger partial charge on any atom is 0.277 e. The zero-order chi connectivity index (χ0) is 17.3.